The second-order valence-corrected chi connectivity index (χ2v) is 4.33. The maximum Gasteiger partial charge on any atom is 0.311 e. The first-order chi connectivity index (χ1) is 7.37. The lowest BCUT2D eigenvalue weighted by Crippen LogP contribution is -2.46. The zero-order chi connectivity index (χ0) is 12.8. The van der Waals surface area contributed by atoms with Gasteiger partial charge in [-0.3, -0.25) is 9.59 Å². The van der Waals surface area contributed by atoms with E-state index in [1.807, 2.05) is 6.92 Å². The summed E-state index contributed by atoms with van der Waals surface area (Å²) in [6, 6.07) is -0.542. The zero-order valence-corrected chi connectivity index (χ0v) is 10.2. The number of carboxylic acid groups (broad SMARTS) is 1. The number of carbonyl (C=O) groups excluding carboxylic acids is 1. The number of nitrogens with one attached hydrogen (secondary N) is 1. The van der Waals surface area contributed by atoms with Crippen molar-refractivity contribution < 1.29 is 14.7 Å². The molecule has 0 aliphatic rings. The number of carboxylic acids is 1. The van der Waals surface area contributed by atoms with Gasteiger partial charge < -0.3 is 16.2 Å². The van der Waals surface area contributed by atoms with Crippen molar-refractivity contribution in [2.24, 2.45) is 11.1 Å². The fourth-order valence-corrected chi connectivity index (χ4v) is 1.21. The predicted molar refractivity (Wildman–Crippen MR) is 61.9 cm³/mol. The molecule has 0 heterocycles. The second kappa shape index (κ2) is 6.48. The number of nitrogens with two attached hydrogens (primary N) is 1. The average molecular weight is 230 g/mol. The molecule has 5 heteroatoms. The van der Waals surface area contributed by atoms with Crippen LogP contribution >= 0.6 is 0 Å². The molecule has 0 aliphatic heterocycles. The van der Waals surface area contributed by atoms with Gasteiger partial charge in [-0.25, -0.2) is 0 Å². The van der Waals surface area contributed by atoms with Gasteiger partial charge in [0.15, 0.2) is 0 Å². The molecule has 0 aromatic carbocycles. The Hall–Kier alpha value is -1.10. The van der Waals surface area contributed by atoms with Crippen molar-refractivity contribution in [3.63, 3.8) is 0 Å². The molecule has 4 N–H and O–H groups in total. The summed E-state index contributed by atoms with van der Waals surface area (Å²) in [4.78, 5) is 22.5. The first-order valence-electron chi connectivity index (χ1n) is 5.64. The minimum absolute atomic E-state index is 0.120. The topological polar surface area (TPSA) is 92.4 Å². The lowest BCUT2D eigenvalue weighted by atomic mass is 9.87. The van der Waals surface area contributed by atoms with Gasteiger partial charge in [0.2, 0.25) is 5.91 Å². The highest BCUT2D eigenvalue weighted by Crippen LogP contribution is 2.19. The zero-order valence-electron chi connectivity index (χ0n) is 10.2. The normalized spacial score (nSPS) is 16.2. The fraction of sp³-hybridized carbons (Fsp3) is 0.818. The van der Waals surface area contributed by atoms with Gasteiger partial charge in [0, 0.05) is 6.54 Å². The molecule has 94 valence electrons. The summed E-state index contributed by atoms with van der Waals surface area (Å²) in [5, 5.41) is 11.6. The molecule has 0 spiro atoms. The van der Waals surface area contributed by atoms with Crippen LogP contribution in [0.5, 0.6) is 0 Å². The molecule has 0 rings (SSSR count). The first kappa shape index (κ1) is 14.9. The van der Waals surface area contributed by atoms with Gasteiger partial charge >= 0.3 is 5.97 Å². The van der Waals surface area contributed by atoms with Gasteiger partial charge in [0.1, 0.15) is 0 Å². The third kappa shape index (κ3) is 4.18. The molecule has 5 nitrogen and oxygen atoms in total. The van der Waals surface area contributed by atoms with Crippen LogP contribution in [-0.4, -0.2) is 29.6 Å². The maximum atomic E-state index is 11.5. The van der Waals surface area contributed by atoms with Crippen molar-refractivity contribution in [1.82, 2.24) is 5.32 Å². The summed E-state index contributed by atoms with van der Waals surface area (Å²) in [6.45, 7) is 5.46. The quantitative estimate of drug-likeness (QED) is 0.601. The Bertz CT molecular complexity index is 256. The van der Waals surface area contributed by atoms with Crippen molar-refractivity contribution in [1.29, 1.82) is 0 Å². The van der Waals surface area contributed by atoms with Crippen LogP contribution in [0.1, 0.15) is 40.0 Å². The van der Waals surface area contributed by atoms with E-state index in [1.165, 1.54) is 0 Å². The molecule has 0 saturated carbocycles. The van der Waals surface area contributed by atoms with Gasteiger partial charge in [-0.2, -0.15) is 0 Å². The number of hydrogen-bond donors (Lipinski definition) is 3. The van der Waals surface area contributed by atoms with E-state index in [1.54, 1.807) is 13.8 Å². The van der Waals surface area contributed by atoms with E-state index >= 15 is 0 Å². The fourth-order valence-electron chi connectivity index (χ4n) is 1.21. The van der Waals surface area contributed by atoms with Gasteiger partial charge in [-0.1, -0.05) is 20.3 Å². The Balaban J connectivity index is 4.22. The van der Waals surface area contributed by atoms with Crippen LogP contribution in [-0.2, 0) is 9.59 Å². The third-order valence-electron chi connectivity index (χ3n) is 2.89. The van der Waals surface area contributed by atoms with E-state index in [0.717, 1.165) is 6.42 Å². The Labute approximate surface area is 96.4 Å². The minimum atomic E-state index is -0.915. The molecular weight excluding hydrogens is 208 g/mol. The molecule has 1 amide bonds. The molecule has 0 aromatic heterocycles. The Morgan fingerprint density at radius 3 is 2.38 bits per heavy atom. The van der Waals surface area contributed by atoms with Crippen molar-refractivity contribution >= 4 is 11.9 Å². The smallest absolute Gasteiger partial charge is 0.311 e. The Morgan fingerprint density at radius 2 is 2.00 bits per heavy atom. The van der Waals surface area contributed by atoms with Crippen molar-refractivity contribution in [2.75, 3.05) is 6.54 Å². The Kier molecular flexibility index (Phi) is 6.03. The summed E-state index contributed by atoms with van der Waals surface area (Å²) in [7, 11) is 0. The molecule has 0 saturated heterocycles. The number of carbonyl (C=O) groups is 2. The number of rotatable bonds is 7. The molecule has 1 unspecified atom stereocenters. The summed E-state index contributed by atoms with van der Waals surface area (Å²) >= 11 is 0. The van der Waals surface area contributed by atoms with Gasteiger partial charge in [-0.15, -0.1) is 0 Å². The molecule has 16 heavy (non-hydrogen) atoms. The SMILES string of the molecule is CCC[C@@H](N)C(=O)NCC(C)(CC)C(=O)O. The highest BCUT2D eigenvalue weighted by Gasteiger charge is 2.31. The van der Waals surface area contributed by atoms with Crippen molar-refractivity contribution in [3.05, 3.63) is 0 Å². The van der Waals surface area contributed by atoms with Crippen LogP contribution in [0.3, 0.4) is 0 Å². The van der Waals surface area contributed by atoms with Gasteiger partial charge in [0.25, 0.3) is 0 Å². The standard InChI is InChI=1S/C11H22N2O3/c1-4-6-8(12)9(14)13-7-11(3,5-2)10(15)16/h8H,4-7,12H2,1-3H3,(H,13,14)(H,15,16)/t8-,11?/m1/s1. The van der Waals surface area contributed by atoms with Gasteiger partial charge in [-0.05, 0) is 19.8 Å². The molecule has 2 atom stereocenters. The van der Waals surface area contributed by atoms with Crippen molar-refractivity contribution in [2.45, 2.75) is 46.1 Å². The van der Waals surface area contributed by atoms with Crippen LogP contribution in [0.25, 0.3) is 0 Å². The second-order valence-electron chi connectivity index (χ2n) is 4.33. The van der Waals surface area contributed by atoms with Gasteiger partial charge in [0.05, 0.1) is 11.5 Å². The van der Waals surface area contributed by atoms with Crippen LogP contribution in [0, 0.1) is 5.41 Å². The third-order valence-corrected chi connectivity index (χ3v) is 2.89. The number of amides is 1. The molecule has 0 radical (unpaired) electrons. The van der Waals surface area contributed by atoms with Crippen LogP contribution < -0.4 is 11.1 Å². The maximum absolute atomic E-state index is 11.5. The Morgan fingerprint density at radius 1 is 1.44 bits per heavy atom. The summed E-state index contributed by atoms with van der Waals surface area (Å²) in [5.41, 5.74) is 4.70. The highest BCUT2D eigenvalue weighted by atomic mass is 16.4. The lowest BCUT2D eigenvalue weighted by Gasteiger charge is -2.24. The van der Waals surface area contributed by atoms with E-state index in [9.17, 15) is 9.59 Å². The molecule has 0 aromatic rings. The summed E-state index contributed by atoms with van der Waals surface area (Å²) in [5.74, 6) is -1.18. The van der Waals surface area contributed by atoms with Crippen LogP contribution in [0.4, 0.5) is 0 Å². The number of hydrogen-bond acceptors (Lipinski definition) is 3. The van der Waals surface area contributed by atoms with E-state index in [4.69, 9.17) is 10.8 Å². The number of aliphatic carboxylic acids is 1. The first-order valence-corrected chi connectivity index (χ1v) is 5.64. The van der Waals surface area contributed by atoms with Crippen LogP contribution in [0.2, 0.25) is 0 Å². The highest BCUT2D eigenvalue weighted by molar-refractivity contribution is 5.82. The molecule has 0 aliphatic carbocycles. The van der Waals surface area contributed by atoms with E-state index in [-0.39, 0.29) is 12.5 Å². The summed E-state index contributed by atoms with van der Waals surface area (Å²) in [6.07, 6.45) is 1.91. The monoisotopic (exact) mass is 230 g/mol. The predicted octanol–water partition coefficient (Wildman–Crippen LogP) is 0.731. The largest absolute Gasteiger partial charge is 0.481 e. The van der Waals surface area contributed by atoms with Crippen molar-refractivity contribution in [3.8, 4) is 0 Å². The average Bonchev–Trinajstić information content (AvgIpc) is 2.25. The van der Waals surface area contributed by atoms with E-state index in [2.05, 4.69) is 5.32 Å². The van der Waals surface area contributed by atoms with E-state index in [0.29, 0.717) is 12.8 Å². The van der Waals surface area contributed by atoms with E-state index < -0.39 is 17.4 Å². The minimum Gasteiger partial charge on any atom is -0.481 e. The lowest BCUT2D eigenvalue weighted by molar-refractivity contribution is -0.148. The molecule has 0 bridgehead atoms. The molecule has 0 fully saturated rings. The van der Waals surface area contributed by atoms with Crippen LogP contribution in [0.15, 0.2) is 0 Å². The molecular formula is C11H22N2O3. The summed E-state index contributed by atoms with van der Waals surface area (Å²) < 4.78 is 0.